The van der Waals surface area contributed by atoms with E-state index in [1.54, 1.807) is 18.5 Å². The van der Waals surface area contributed by atoms with Crippen LogP contribution in [0, 0.1) is 12.7 Å². The quantitative estimate of drug-likeness (QED) is 0.771. The van der Waals surface area contributed by atoms with Crippen LogP contribution in [0.25, 0.3) is 11.1 Å². The van der Waals surface area contributed by atoms with Gasteiger partial charge in [0.1, 0.15) is 5.82 Å². The van der Waals surface area contributed by atoms with Crippen LogP contribution in [0.5, 0.6) is 0 Å². The van der Waals surface area contributed by atoms with Crippen LogP contribution >= 0.6 is 11.6 Å². The molecule has 0 unspecified atom stereocenters. The van der Waals surface area contributed by atoms with Crippen LogP contribution < -0.4 is 5.73 Å². The maximum atomic E-state index is 13.3. The molecule has 1 aromatic carbocycles. The molecule has 4 heteroatoms. The Hall–Kier alpha value is -1.61. The van der Waals surface area contributed by atoms with Crippen molar-refractivity contribution < 1.29 is 4.39 Å². The Labute approximate surface area is 97.9 Å². The zero-order valence-corrected chi connectivity index (χ0v) is 9.42. The summed E-state index contributed by atoms with van der Waals surface area (Å²) in [6.45, 7) is 1.89. The zero-order chi connectivity index (χ0) is 11.7. The molecule has 0 fully saturated rings. The lowest BCUT2D eigenvalue weighted by Gasteiger charge is -2.10. The largest absolute Gasteiger partial charge is 0.397 e. The Morgan fingerprint density at radius 3 is 2.75 bits per heavy atom. The van der Waals surface area contributed by atoms with Gasteiger partial charge in [-0.25, -0.2) is 4.39 Å². The number of anilines is 1. The number of nitrogen functional groups attached to an aromatic ring is 1. The molecule has 2 N–H and O–H groups in total. The van der Waals surface area contributed by atoms with Crippen LogP contribution in [0.4, 0.5) is 10.1 Å². The Balaban J connectivity index is 2.69. The molecular formula is C12H10ClFN2. The second kappa shape index (κ2) is 4.10. The first-order chi connectivity index (χ1) is 7.59. The molecule has 1 heterocycles. The van der Waals surface area contributed by atoms with Crippen LogP contribution in [-0.2, 0) is 0 Å². The fourth-order valence-electron chi connectivity index (χ4n) is 1.58. The van der Waals surface area contributed by atoms with E-state index in [1.807, 2.05) is 6.92 Å². The standard InChI is InChI=1S/C12H10ClFN2/c1-7-6-16-3-2-9(7)10-4-8(14)5-11(13)12(10)15/h2-6H,15H2,1H3. The molecule has 0 amide bonds. The molecular weight excluding hydrogens is 227 g/mol. The minimum absolute atomic E-state index is 0.228. The van der Waals surface area contributed by atoms with E-state index >= 15 is 0 Å². The second-order valence-corrected chi connectivity index (χ2v) is 3.95. The van der Waals surface area contributed by atoms with E-state index in [9.17, 15) is 4.39 Å². The van der Waals surface area contributed by atoms with Crippen LogP contribution in [-0.4, -0.2) is 4.98 Å². The van der Waals surface area contributed by atoms with E-state index in [2.05, 4.69) is 4.98 Å². The number of hydrogen-bond donors (Lipinski definition) is 1. The average Bonchev–Trinajstić information content (AvgIpc) is 2.24. The summed E-state index contributed by atoms with van der Waals surface area (Å²) in [4.78, 5) is 3.98. The average molecular weight is 237 g/mol. The number of aromatic nitrogens is 1. The lowest BCUT2D eigenvalue weighted by atomic mass is 10.0. The number of halogens is 2. The first kappa shape index (κ1) is 10.9. The highest BCUT2D eigenvalue weighted by molar-refractivity contribution is 6.33. The highest BCUT2D eigenvalue weighted by Crippen LogP contribution is 2.33. The first-order valence-corrected chi connectivity index (χ1v) is 5.13. The summed E-state index contributed by atoms with van der Waals surface area (Å²) in [6.07, 6.45) is 3.34. The lowest BCUT2D eigenvalue weighted by Crippen LogP contribution is -1.95. The third-order valence-corrected chi connectivity index (χ3v) is 2.72. The van der Waals surface area contributed by atoms with E-state index in [4.69, 9.17) is 17.3 Å². The predicted octanol–water partition coefficient (Wildman–Crippen LogP) is 3.43. The number of hydrogen-bond acceptors (Lipinski definition) is 2. The topological polar surface area (TPSA) is 38.9 Å². The maximum Gasteiger partial charge on any atom is 0.125 e. The molecule has 0 aliphatic rings. The SMILES string of the molecule is Cc1cnccc1-c1cc(F)cc(Cl)c1N. The molecule has 16 heavy (non-hydrogen) atoms. The molecule has 82 valence electrons. The molecule has 0 radical (unpaired) electrons. The van der Waals surface area contributed by atoms with Gasteiger partial charge in [-0.1, -0.05) is 11.6 Å². The molecule has 0 spiro atoms. The molecule has 0 saturated carbocycles. The molecule has 0 aliphatic heterocycles. The zero-order valence-electron chi connectivity index (χ0n) is 8.67. The normalized spacial score (nSPS) is 10.4. The minimum Gasteiger partial charge on any atom is -0.397 e. The van der Waals surface area contributed by atoms with Gasteiger partial charge in [0.15, 0.2) is 0 Å². The fraction of sp³-hybridized carbons (Fsp3) is 0.0833. The van der Waals surface area contributed by atoms with Gasteiger partial charge in [0.2, 0.25) is 0 Å². The van der Waals surface area contributed by atoms with Crippen LogP contribution in [0.3, 0.4) is 0 Å². The van der Waals surface area contributed by atoms with Crippen molar-refractivity contribution in [2.45, 2.75) is 6.92 Å². The highest BCUT2D eigenvalue weighted by atomic mass is 35.5. The van der Waals surface area contributed by atoms with Crippen molar-refractivity contribution >= 4 is 17.3 Å². The van der Waals surface area contributed by atoms with E-state index in [0.29, 0.717) is 11.3 Å². The molecule has 2 rings (SSSR count). The molecule has 0 bridgehead atoms. The van der Waals surface area contributed by atoms with Gasteiger partial charge in [0, 0.05) is 18.0 Å². The van der Waals surface area contributed by atoms with Crippen LogP contribution in [0.2, 0.25) is 5.02 Å². The van der Waals surface area contributed by atoms with Crippen molar-refractivity contribution in [1.29, 1.82) is 0 Å². The summed E-state index contributed by atoms with van der Waals surface area (Å²) in [6, 6.07) is 4.37. The van der Waals surface area contributed by atoms with Gasteiger partial charge in [0.25, 0.3) is 0 Å². The summed E-state index contributed by atoms with van der Waals surface area (Å²) in [5.41, 5.74) is 8.59. The van der Waals surface area contributed by atoms with Gasteiger partial charge in [0.05, 0.1) is 10.7 Å². The Morgan fingerprint density at radius 1 is 1.31 bits per heavy atom. The van der Waals surface area contributed by atoms with E-state index in [0.717, 1.165) is 11.1 Å². The van der Waals surface area contributed by atoms with Crippen molar-refractivity contribution in [1.82, 2.24) is 4.98 Å². The van der Waals surface area contributed by atoms with Crippen molar-refractivity contribution in [2.75, 3.05) is 5.73 Å². The number of nitrogens with two attached hydrogens (primary N) is 1. The predicted molar refractivity (Wildman–Crippen MR) is 63.8 cm³/mol. The maximum absolute atomic E-state index is 13.3. The first-order valence-electron chi connectivity index (χ1n) is 4.75. The molecule has 1 aromatic heterocycles. The highest BCUT2D eigenvalue weighted by Gasteiger charge is 2.10. The molecule has 2 nitrogen and oxygen atoms in total. The summed E-state index contributed by atoms with van der Waals surface area (Å²) in [5.74, 6) is -0.398. The smallest absolute Gasteiger partial charge is 0.125 e. The molecule has 2 aromatic rings. The number of rotatable bonds is 1. The Kier molecular flexibility index (Phi) is 2.79. The van der Waals surface area contributed by atoms with Gasteiger partial charge < -0.3 is 5.73 Å². The van der Waals surface area contributed by atoms with Gasteiger partial charge in [-0.15, -0.1) is 0 Å². The van der Waals surface area contributed by atoms with Crippen LogP contribution in [0.1, 0.15) is 5.56 Å². The minimum atomic E-state index is -0.398. The Bertz CT molecular complexity index is 541. The summed E-state index contributed by atoms with van der Waals surface area (Å²) in [7, 11) is 0. The Morgan fingerprint density at radius 2 is 2.06 bits per heavy atom. The summed E-state index contributed by atoms with van der Waals surface area (Å²) >= 11 is 5.84. The van der Waals surface area contributed by atoms with Crippen molar-refractivity contribution in [3.05, 3.63) is 47.0 Å². The molecule has 0 saturated heterocycles. The summed E-state index contributed by atoms with van der Waals surface area (Å²) in [5, 5.41) is 0.228. The second-order valence-electron chi connectivity index (χ2n) is 3.54. The lowest BCUT2D eigenvalue weighted by molar-refractivity contribution is 0.628. The van der Waals surface area contributed by atoms with Gasteiger partial charge in [-0.05, 0) is 36.2 Å². The monoisotopic (exact) mass is 236 g/mol. The van der Waals surface area contributed by atoms with E-state index in [-0.39, 0.29) is 5.02 Å². The summed E-state index contributed by atoms with van der Waals surface area (Å²) < 4.78 is 13.3. The number of pyridine rings is 1. The third-order valence-electron chi connectivity index (χ3n) is 2.40. The van der Waals surface area contributed by atoms with E-state index in [1.165, 1.54) is 12.1 Å². The van der Waals surface area contributed by atoms with Gasteiger partial charge >= 0.3 is 0 Å². The van der Waals surface area contributed by atoms with Crippen LogP contribution in [0.15, 0.2) is 30.6 Å². The number of nitrogens with zero attached hydrogens (tertiary/aromatic N) is 1. The number of benzene rings is 1. The fourth-order valence-corrected chi connectivity index (χ4v) is 1.79. The van der Waals surface area contributed by atoms with Gasteiger partial charge in [-0.2, -0.15) is 0 Å². The van der Waals surface area contributed by atoms with Crippen molar-refractivity contribution in [3.63, 3.8) is 0 Å². The number of aryl methyl sites for hydroxylation is 1. The molecule has 0 atom stereocenters. The van der Waals surface area contributed by atoms with E-state index < -0.39 is 5.82 Å². The molecule has 0 aliphatic carbocycles. The van der Waals surface area contributed by atoms with Crippen molar-refractivity contribution in [2.24, 2.45) is 0 Å². The van der Waals surface area contributed by atoms with Crippen molar-refractivity contribution in [3.8, 4) is 11.1 Å². The third kappa shape index (κ3) is 1.86. The van der Waals surface area contributed by atoms with Gasteiger partial charge in [-0.3, -0.25) is 4.98 Å².